The van der Waals surface area contributed by atoms with Gasteiger partial charge in [-0.3, -0.25) is 9.69 Å². The van der Waals surface area contributed by atoms with Crippen LogP contribution >= 0.6 is 15.9 Å². The molecule has 120 valence electrons. The molecule has 1 heterocycles. The van der Waals surface area contributed by atoms with E-state index in [1.54, 1.807) is 4.90 Å². The Labute approximate surface area is 144 Å². The molecular formula is C18H19BrN2O2. The Kier molecular flexibility index (Phi) is 5.10. The Hall–Kier alpha value is -1.69. The first-order valence-corrected chi connectivity index (χ1v) is 8.41. The van der Waals surface area contributed by atoms with Crippen LogP contribution in [0.25, 0.3) is 0 Å². The van der Waals surface area contributed by atoms with E-state index >= 15 is 0 Å². The Bertz CT molecular complexity index is 660. The number of hydrogen-bond acceptors (Lipinski definition) is 3. The molecule has 1 saturated heterocycles. The smallest absolute Gasteiger partial charge is 0.241 e. The highest BCUT2D eigenvalue weighted by atomic mass is 79.9. The van der Waals surface area contributed by atoms with Gasteiger partial charge in [0.05, 0.1) is 19.2 Å². The maximum atomic E-state index is 12.6. The van der Waals surface area contributed by atoms with Crippen molar-refractivity contribution in [2.45, 2.75) is 12.6 Å². The van der Waals surface area contributed by atoms with Gasteiger partial charge < -0.3 is 10.0 Å². The molecule has 2 aromatic carbocycles. The third-order valence-corrected chi connectivity index (χ3v) is 4.55. The highest BCUT2D eigenvalue weighted by molar-refractivity contribution is 9.10. The average Bonchev–Trinajstić information content (AvgIpc) is 2.56. The normalized spacial score (nSPS) is 19.1. The van der Waals surface area contributed by atoms with Crippen LogP contribution in [0.2, 0.25) is 0 Å². The Balaban J connectivity index is 1.76. The number of aliphatic hydroxyl groups is 1. The lowest BCUT2D eigenvalue weighted by Crippen LogP contribution is -2.57. The minimum absolute atomic E-state index is 0.0218. The van der Waals surface area contributed by atoms with Crippen molar-refractivity contribution < 1.29 is 9.90 Å². The van der Waals surface area contributed by atoms with Crippen molar-refractivity contribution in [3.05, 3.63) is 64.6 Å². The van der Waals surface area contributed by atoms with Crippen molar-refractivity contribution in [3.63, 3.8) is 0 Å². The lowest BCUT2D eigenvalue weighted by atomic mass is 10.1. The third kappa shape index (κ3) is 3.80. The molecule has 1 amide bonds. The zero-order valence-corrected chi connectivity index (χ0v) is 14.3. The summed E-state index contributed by atoms with van der Waals surface area (Å²) in [7, 11) is 0. The van der Waals surface area contributed by atoms with Crippen LogP contribution in [0.15, 0.2) is 59.1 Å². The standard InChI is InChI=1S/C18H19BrN2O2/c19-15-6-8-16(9-7-15)21-17(13-22)11-20(12-18(21)23)10-14-4-2-1-3-5-14/h1-9,17,22H,10-13H2. The summed E-state index contributed by atoms with van der Waals surface area (Å²) < 4.78 is 0.969. The van der Waals surface area contributed by atoms with Crippen molar-refractivity contribution in [2.75, 3.05) is 24.6 Å². The molecule has 1 unspecified atom stereocenters. The minimum Gasteiger partial charge on any atom is -0.394 e. The molecular weight excluding hydrogens is 356 g/mol. The lowest BCUT2D eigenvalue weighted by Gasteiger charge is -2.40. The van der Waals surface area contributed by atoms with Crippen LogP contribution in [0.1, 0.15) is 5.56 Å². The van der Waals surface area contributed by atoms with E-state index in [1.165, 1.54) is 5.56 Å². The molecule has 3 rings (SSSR count). The van der Waals surface area contributed by atoms with Gasteiger partial charge in [-0.25, -0.2) is 0 Å². The zero-order chi connectivity index (χ0) is 16.2. The SMILES string of the molecule is O=C1CN(Cc2ccccc2)CC(CO)N1c1ccc(Br)cc1. The second-order valence-electron chi connectivity index (χ2n) is 5.73. The van der Waals surface area contributed by atoms with E-state index in [9.17, 15) is 9.90 Å². The molecule has 0 aliphatic carbocycles. The van der Waals surface area contributed by atoms with Gasteiger partial charge in [0.1, 0.15) is 0 Å². The van der Waals surface area contributed by atoms with Gasteiger partial charge in [-0.15, -0.1) is 0 Å². The lowest BCUT2D eigenvalue weighted by molar-refractivity contribution is -0.122. The molecule has 2 aromatic rings. The fourth-order valence-electron chi connectivity index (χ4n) is 2.97. The number of rotatable bonds is 4. The summed E-state index contributed by atoms with van der Waals surface area (Å²) in [6.07, 6.45) is 0. The van der Waals surface area contributed by atoms with Gasteiger partial charge in [0.25, 0.3) is 0 Å². The average molecular weight is 375 g/mol. The van der Waals surface area contributed by atoms with Crippen LogP contribution in [0.5, 0.6) is 0 Å². The predicted molar refractivity (Wildman–Crippen MR) is 94.2 cm³/mol. The van der Waals surface area contributed by atoms with Crippen molar-refractivity contribution in [2.24, 2.45) is 0 Å². The van der Waals surface area contributed by atoms with Gasteiger partial charge in [0.15, 0.2) is 0 Å². The second-order valence-corrected chi connectivity index (χ2v) is 6.65. The summed E-state index contributed by atoms with van der Waals surface area (Å²) in [5.74, 6) is 0.0218. The van der Waals surface area contributed by atoms with E-state index < -0.39 is 0 Å². The first-order chi connectivity index (χ1) is 11.2. The summed E-state index contributed by atoms with van der Waals surface area (Å²) in [4.78, 5) is 16.4. The van der Waals surface area contributed by atoms with Crippen LogP contribution in [0.4, 0.5) is 5.69 Å². The maximum Gasteiger partial charge on any atom is 0.241 e. The van der Waals surface area contributed by atoms with Crippen molar-refractivity contribution in [1.29, 1.82) is 0 Å². The van der Waals surface area contributed by atoms with E-state index in [4.69, 9.17) is 0 Å². The van der Waals surface area contributed by atoms with Gasteiger partial charge in [-0.1, -0.05) is 46.3 Å². The summed E-state index contributed by atoms with van der Waals surface area (Å²) in [5, 5.41) is 9.75. The topological polar surface area (TPSA) is 43.8 Å². The molecule has 1 fully saturated rings. The number of amides is 1. The molecule has 1 aliphatic heterocycles. The highest BCUT2D eigenvalue weighted by Crippen LogP contribution is 2.24. The van der Waals surface area contributed by atoms with E-state index in [-0.39, 0.29) is 18.6 Å². The van der Waals surface area contributed by atoms with Crippen LogP contribution in [0.3, 0.4) is 0 Å². The minimum atomic E-state index is -0.221. The van der Waals surface area contributed by atoms with Crippen LogP contribution < -0.4 is 4.90 Å². The van der Waals surface area contributed by atoms with E-state index in [1.807, 2.05) is 42.5 Å². The van der Waals surface area contributed by atoms with Crippen LogP contribution in [0, 0.1) is 0 Å². The molecule has 0 radical (unpaired) electrons. The summed E-state index contributed by atoms with van der Waals surface area (Å²) >= 11 is 3.40. The monoisotopic (exact) mass is 374 g/mol. The number of hydrogen-bond donors (Lipinski definition) is 1. The molecule has 23 heavy (non-hydrogen) atoms. The predicted octanol–water partition coefficient (Wildman–Crippen LogP) is 2.66. The fraction of sp³-hybridized carbons (Fsp3) is 0.278. The molecule has 0 aromatic heterocycles. The largest absolute Gasteiger partial charge is 0.394 e. The molecule has 5 heteroatoms. The van der Waals surface area contributed by atoms with Gasteiger partial charge in [0, 0.05) is 23.2 Å². The molecule has 1 N–H and O–H groups in total. The summed E-state index contributed by atoms with van der Waals surface area (Å²) in [5.41, 5.74) is 2.01. The molecule has 1 aliphatic rings. The molecule has 0 saturated carbocycles. The second kappa shape index (κ2) is 7.25. The number of aliphatic hydroxyl groups excluding tert-OH is 1. The van der Waals surface area contributed by atoms with Crippen LogP contribution in [-0.4, -0.2) is 41.7 Å². The van der Waals surface area contributed by atoms with Crippen molar-refractivity contribution >= 4 is 27.5 Å². The molecule has 0 spiro atoms. The van der Waals surface area contributed by atoms with Gasteiger partial charge in [0.2, 0.25) is 5.91 Å². The number of carbonyl (C=O) groups is 1. The quantitative estimate of drug-likeness (QED) is 0.894. The maximum absolute atomic E-state index is 12.6. The Morgan fingerprint density at radius 1 is 1.09 bits per heavy atom. The number of halogens is 1. The van der Waals surface area contributed by atoms with Crippen molar-refractivity contribution in [1.82, 2.24) is 4.90 Å². The number of benzene rings is 2. The fourth-order valence-corrected chi connectivity index (χ4v) is 3.24. The summed E-state index contributed by atoms with van der Waals surface area (Å²) in [6.45, 7) is 1.69. The number of carbonyl (C=O) groups excluding carboxylic acids is 1. The van der Waals surface area contributed by atoms with E-state index in [0.29, 0.717) is 13.1 Å². The molecule has 0 bridgehead atoms. The highest BCUT2D eigenvalue weighted by Gasteiger charge is 2.33. The number of anilines is 1. The number of piperazine rings is 1. The van der Waals surface area contributed by atoms with Gasteiger partial charge in [-0.2, -0.15) is 0 Å². The number of nitrogens with zero attached hydrogens (tertiary/aromatic N) is 2. The first kappa shape index (κ1) is 16.2. The van der Waals surface area contributed by atoms with Gasteiger partial charge in [-0.05, 0) is 29.8 Å². The van der Waals surface area contributed by atoms with E-state index in [2.05, 4.69) is 33.0 Å². The van der Waals surface area contributed by atoms with Gasteiger partial charge >= 0.3 is 0 Å². The third-order valence-electron chi connectivity index (χ3n) is 4.03. The zero-order valence-electron chi connectivity index (χ0n) is 12.7. The van der Waals surface area contributed by atoms with Crippen LogP contribution in [-0.2, 0) is 11.3 Å². The first-order valence-electron chi connectivity index (χ1n) is 7.62. The Morgan fingerprint density at radius 2 is 1.78 bits per heavy atom. The summed E-state index contributed by atoms with van der Waals surface area (Å²) in [6, 6.07) is 17.5. The molecule has 4 nitrogen and oxygen atoms in total. The van der Waals surface area contributed by atoms with E-state index in [0.717, 1.165) is 16.7 Å². The Morgan fingerprint density at radius 3 is 2.43 bits per heavy atom. The van der Waals surface area contributed by atoms with Crippen molar-refractivity contribution in [3.8, 4) is 0 Å². The molecule has 1 atom stereocenters.